The number of fused-ring (bicyclic) bond motifs is 1. The zero-order chi connectivity index (χ0) is 30.1. The lowest BCUT2D eigenvalue weighted by molar-refractivity contribution is -0.137. The average Bonchev–Trinajstić information content (AvgIpc) is 3.56. The molecule has 2 unspecified atom stereocenters. The highest BCUT2D eigenvalue weighted by Gasteiger charge is 2.39. The number of carbonyl (C=O) groups excluding carboxylic acids is 3. The van der Waals surface area contributed by atoms with E-state index in [0.29, 0.717) is 29.1 Å². The Bertz CT molecular complexity index is 1740. The van der Waals surface area contributed by atoms with Crippen LogP contribution < -0.4 is 11.1 Å². The predicted molar refractivity (Wildman–Crippen MR) is 155 cm³/mol. The summed E-state index contributed by atoms with van der Waals surface area (Å²) in [5.41, 5.74) is 6.24. The quantitative estimate of drug-likeness (QED) is 0.274. The van der Waals surface area contributed by atoms with Crippen molar-refractivity contribution < 1.29 is 28.7 Å². The van der Waals surface area contributed by atoms with Crippen molar-refractivity contribution in [1.29, 1.82) is 0 Å². The summed E-state index contributed by atoms with van der Waals surface area (Å²) in [5, 5.41) is 16.7. The van der Waals surface area contributed by atoms with Crippen LogP contribution in [-0.2, 0) is 16.1 Å². The van der Waals surface area contributed by atoms with Gasteiger partial charge in [-0.2, -0.15) is 5.10 Å². The summed E-state index contributed by atoms with van der Waals surface area (Å²) in [6.45, 7) is 1.94. The molecule has 0 saturated carbocycles. The highest BCUT2D eigenvalue weighted by Crippen LogP contribution is 2.34. The van der Waals surface area contributed by atoms with Crippen LogP contribution in [0.3, 0.4) is 0 Å². The normalized spacial score (nSPS) is 16.5. The molecule has 1 aromatic heterocycles. The Morgan fingerprint density at radius 1 is 1.10 bits per heavy atom. The molecule has 216 valence electrons. The van der Waals surface area contributed by atoms with Crippen molar-refractivity contribution in [1.82, 2.24) is 14.7 Å². The minimum Gasteiger partial charge on any atom is -0.478 e. The van der Waals surface area contributed by atoms with E-state index in [4.69, 9.17) is 17.3 Å². The van der Waals surface area contributed by atoms with Gasteiger partial charge in [-0.3, -0.25) is 19.1 Å². The van der Waals surface area contributed by atoms with E-state index in [2.05, 4.69) is 10.4 Å². The Morgan fingerprint density at radius 3 is 2.52 bits per heavy atom. The molecule has 1 saturated heterocycles. The maximum atomic E-state index is 15.5. The number of nitrogens with zero attached hydrogens (tertiary/aromatic N) is 3. The average molecular weight is 592 g/mol. The van der Waals surface area contributed by atoms with E-state index in [-0.39, 0.29) is 40.4 Å². The summed E-state index contributed by atoms with van der Waals surface area (Å²) in [5.74, 6) is -3.66. The number of nitrogens with one attached hydrogen (secondary N) is 1. The van der Waals surface area contributed by atoms with Crippen LogP contribution in [-0.4, -0.2) is 56.1 Å². The Hall–Kier alpha value is -4.77. The number of nitrogens with two attached hydrogens (primary N) is 1. The van der Waals surface area contributed by atoms with Crippen molar-refractivity contribution in [3.8, 4) is 11.1 Å². The maximum Gasteiger partial charge on any atom is 0.335 e. The van der Waals surface area contributed by atoms with Crippen LogP contribution in [0.5, 0.6) is 0 Å². The molecule has 1 fully saturated rings. The number of carboxylic acids is 1. The Kier molecular flexibility index (Phi) is 7.95. The minimum atomic E-state index is -1.19. The van der Waals surface area contributed by atoms with E-state index in [1.165, 1.54) is 33.8 Å². The summed E-state index contributed by atoms with van der Waals surface area (Å²) in [4.78, 5) is 51.9. The van der Waals surface area contributed by atoms with Crippen molar-refractivity contribution in [3.05, 3.63) is 82.8 Å². The summed E-state index contributed by atoms with van der Waals surface area (Å²) in [6, 6.07) is 14.6. The van der Waals surface area contributed by atoms with Crippen molar-refractivity contribution in [2.75, 3.05) is 11.9 Å². The van der Waals surface area contributed by atoms with Crippen molar-refractivity contribution in [2.45, 2.75) is 32.4 Å². The number of hydrogen-bond donors (Lipinski definition) is 3. The molecule has 2 atom stereocenters. The second-order valence-corrected chi connectivity index (χ2v) is 10.5. The van der Waals surface area contributed by atoms with Gasteiger partial charge in [0.25, 0.3) is 5.91 Å². The van der Waals surface area contributed by atoms with Gasteiger partial charge in [-0.1, -0.05) is 55.3 Å². The van der Waals surface area contributed by atoms with Crippen LogP contribution in [0.2, 0.25) is 5.02 Å². The number of anilines is 1. The monoisotopic (exact) mass is 591 g/mol. The number of amides is 3. The topological polar surface area (TPSA) is 148 Å². The lowest BCUT2D eigenvalue weighted by atomic mass is 10.0. The molecule has 5 rings (SSSR count). The molecule has 3 aromatic carbocycles. The standard InChI is InChI=1S/C30H27ClFN5O5/c1-2-16-12-24(29(40)34-22-9-5-7-19(26(22)32)18-6-3-4-8-21(18)31)36(14-16)25(38)15-37-23-11-10-17(30(41)42)13-20(23)27(35-37)28(33)39/h3-11,13,16,24H,2,12,14-15H2,1H3,(H2,33,39)(H,34,40)(H,41,42). The second kappa shape index (κ2) is 11.6. The first-order chi connectivity index (χ1) is 20.1. The zero-order valence-corrected chi connectivity index (χ0v) is 23.3. The molecule has 2 heterocycles. The number of aromatic carboxylic acids is 1. The summed E-state index contributed by atoms with van der Waals surface area (Å²) < 4.78 is 16.8. The van der Waals surface area contributed by atoms with E-state index in [1.54, 1.807) is 36.4 Å². The number of carbonyl (C=O) groups is 4. The molecule has 1 aliphatic rings. The number of carboxylic acid groups (broad SMARTS) is 1. The van der Waals surface area contributed by atoms with Crippen LogP contribution in [0.4, 0.5) is 10.1 Å². The van der Waals surface area contributed by atoms with Gasteiger partial charge in [0.15, 0.2) is 11.5 Å². The summed E-state index contributed by atoms with van der Waals surface area (Å²) in [6.07, 6.45) is 1.10. The van der Waals surface area contributed by atoms with Crippen molar-refractivity contribution >= 4 is 51.9 Å². The molecule has 0 radical (unpaired) electrons. The highest BCUT2D eigenvalue weighted by atomic mass is 35.5. The van der Waals surface area contributed by atoms with Crippen molar-refractivity contribution in [3.63, 3.8) is 0 Å². The van der Waals surface area contributed by atoms with E-state index >= 15 is 4.39 Å². The fourth-order valence-corrected chi connectivity index (χ4v) is 5.55. The molecular formula is C30H27ClFN5O5. The number of hydrogen-bond acceptors (Lipinski definition) is 5. The molecule has 4 N–H and O–H groups in total. The number of likely N-dealkylation sites (tertiary alicyclic amines) is 1. The van der Waals surface area contributed by atoms with Gasteiger partial charge in [0.05, 0.1) is 16.8 Å². The third kappa shape index (κ3) is 5.42. The number of aromatic nitrogens is 2. The number of rotatable bonds is 8. The van der Waals surface area contributed by atoms with Gasteiger partial charge >= 0.3 is 5.97 Å². The van der Waals surface area contributed by atoms with Gasteiger partial charge in [0.2, 0.25) is 11.8 Å². The molecule has 10 nitrogen and oxygen atoms in total. The maximum absolute atomic E-state index is 15.5. The van der Waals surface area contributed by atoms with Crippen LogP contribution >= 0.6 is 11.6 Å². The molecule has 12 heteroatoms. The molecule has 1 aliphatic heterocycles. The first kappa shape index (κ1) is 28.7. The highest BCUT2D eigenvalue weighted by molar-refractivity contribution is 6.33. The van der Waals surface area contributed by atoms with Crippen molar-refractivity contribution in [2.24, 2.45) is 11.7 Å². The predicted octanol–water partition coefficient (Wildman–Crippen LogP) is 4.56. The summed E-state index contributed by atoms with van der Waals surface area (Å²) >= 11 is 6.26. The molecule has 3 amide bonds. The lowest BCUT2D eigenvalue weighted by Gasteiger charge is -2.24. The van der Waals surface area contributed by atoms with Gasteiger partial charge in [-0.15, -0.1) is 0 Å². The van der Waals surface area contributed by atoms with Crippen LogP contribution in [0, 0.1) is 11.7 Å². The fraction of sp³-hybridized carbons (Fsp3) is 0.233. The second-order valence-electron chi connectivity index (χ2n) is 10.1. The van der Waals surface area contributed by atoms with Gasteiger partial charge in [-0.05, 0) is 42.7 Å². The van der Waals surface area contributed by atoms with Gasteiger partial charge in [0.1, 0.15) is 12.6 Å². The lowest BCUT2D eigenvalue weighted by Crippen LogP contribution is -2.44. The van der Waals surface area contributed by atoms with E-state index in [1.807, 2.05) is 6.92 Å². The first-order valence-corrected chi connectivity index (χ1v) is 13.6. The molecule has 42 heavy (non-hydrogen) atoms. The number of benzene rings is 3. The van der Waals surface area contributed by atoms with E-state index in [9.17, 15) is 24.3 Å². The smallest absolute Gasteiger partial charge is 0.335 e. The molecule has 0 spiro atoms. The fourth-order valence-electron chi connectivity index (χ4n) is 5.31. The van der Waals surface area contributed by atoms with Gasteiger partial charge in [0, 0.05) is 28.1 Å². The Morgan fingerprint density at radius 2 is 1.83 bits per heavy atom. The Labute approximate surface area is 244 Å². The largest absolute Gasteiger partial charge is 0.478 e. The van der Waals surface area contributed by atoms with Crippen LogP contribution in [0.1, 0.15) is 40.6 Å². The molecule has 4 aromatic rings. The molecular weight excluding hydrogens is 565 g/mol. The summed E-state index contributed by atoms with van der Waals surface area (Å²) in [7, 11) is 0. The molecule has 0 aliphatic carbocycles. The van der Waals surface area contributed by atoms with Gasteiger partial charge < -0.3 is 21.1 Å². The van der Waals surface area contributed by atoms with Crippen LogP contribution in [0.15, 0.2) is 60.7 Å². The van der Waals surface area contributed by atoms with Crippen LogP contribution in [0.25, 0.3) is 22.0 Å². The van der Waals surface area contributed by atoms with Gasteiger partial charge in [-0.25, -0.2) is 9.18 Å². The third-order valence-corrected chi connectivity index (χ3v) is 7.85. The minimum absolute atomic E-state index is 0.0387. The molecule has 0 bridgehead atoms. The number of halogens is 2. The third-order valence-electron chi connectivity index (χ3n) is 7.52. The zero-order valence-electron chi connectivity index (χ0n) is 22.5. The van der Waals surface area contributed by atoms with E-state index in [0.717, 1.165) is 6.42 Å². The van der Waals surface area contributed by atoms with E-state index < -0.39 is 35.5 Å². The number of primary amides is 1. The SMILES string of the molecule is CCC1CC(C(=O)Nc2cccc(-c3ccccc3Cl)c2F)N(C(=O)Cn2nc(C(N)=O)c3cc(C(=O)O)ccc32)C1. The Balaban J connectivity index is 1.41. The first-order valence-electron chi connectivity index (χ1n) is 13.3.